The predicted molar refractivity (Wildman–Crippen MR) is 80.2 cm³/mol. The van der Waals surface area contributed by atoms with Crippen molar-refractivity contribution >= 4 is 11.6 Å². The average Bonchev–Trinajstić information content (AvgIpc) is 3.00. The van der Waals surface area contributed by atoms with Crippen LogP contribution >= 0.6 is 0 Å². The Bertz CT molecular complexity index is 577. The van der Waals surface area contributed by atoms with Crippen LogP contribution < -0.4 is 10.5 Å². The summed E-state index contributed by atoms with van der Waals surface area (Å²) in [5.41, 5.74) is 0.713. The second kappa shape index (κ2) is 5.87. The highest BCUT2D eigenvalue weighted by molar-refractivity contribution is 5.80. The van der Waals surface area contributed by atoms with Gasteiger partial charge in [-0.05, 0) is 25.7 Å². The summed E-state index contributed by atoms with van der Waals surface area (Å²) in [6, 6.07) is 1.60. The van der Waals surface area contributed by atoms with Gasteiger partial charge in [-0.15, -0.1) is 0 Å². The average molecular weight is 290 g/mol. The minimum atomic E-state index is -0.113. The molecule has 2 fully saturated rings. The summed E-state index contributed by atoms with van der Waals surface area (Å²) < 4.78 is 1.32. The molecule has 3 rings (SSSR count). The first kappa shape index (κ1) is 14.1. The molecule has 1 unspecified atom stereocenters. The normalized spacial score (nSPS) is 22.6. The molecule has 2 aliphatic heterocycles. The monoisotopic (exact) mass is 290 g/mol. The number of hydrogen-bond donors (Lipinski definition) is 0. The van der Waals surface area contributed by atoms with E-state index in [-0.39, 0.29) is 17.4 Å². The van der Waals surface area contributed by atoms with Crippen LogP contribution in [0.3, 0.4) is 0 Å². The third-order valence-electron chi connectivity index (χ3n) is 4.52. The molecular weight excluding hydrogens is 268 g/mol. The van der Waals surface area contributed by atoms with E-state index in [0.29, 0.717) is 6.54 Å². The van der Waals surface area contributed by atoms with Gasteiger partial charge in [-0.25, -0.2) is 4.68 Å². The maximum absolute atomic E-state index is 12.5. The highest BCUT2D eigenvalue weighted by Crippen LogP contribution is 2.24. The smallest absolute Gasteiger partial charge is 0.268 e. The lowest BCUT2D eigenvalue weighted by atomic mass is 10.0. The number of rotatable bonds is 2. The van der Waals surface area contributed by atoms with Gasteiger partial charge in [-0.2, -0.15) is 5.10 Å². The Morgan fingerprint density at radius 2 is 2.00 bits per heavy atom. The summed E-state index contributed by atoms with van der Waals surface area (Å²) in [4.78, 5) is 28.3. The molecule has 0 radical (unpaired) electrons. The molecule has 0 aliphatic carbocycles. The number of aryl methyl sites for hydroxylation is 1. The number of piperidine rings is 1. The molecule has 114 valence electrons. The van der Waals surface area contributed by atoms with E-state index < -0.39 is 0 Å². The Morgan fingerprint density at radius 3 is 2.71 bits per heavy atom. The van der Waals surface area contributed by atoms with Crippen molar-refractivity contribution < 1.29 is 4.79 Å². The molecule has 0 spiro atoms. The van der Waals surface area contributed by atoms with Crippen molar-refractivity contribution in [2.75, 3.05) is 31.1 Å². The van der Waals surface area contributed by atoms with Crippen molar-refractivity contribution in [1.82, 2.24) is 14.7 Å². The molecule has 3 heterocycles. The number of aromatic nitrogens is 2. The van der Waals surface area contributed by atoms with Crippen molar-refractivity contribution in [3.8, 4) is 0 Å². The van der Waals surface area contributed by atoms with Gasteiger partial charge >= 0.3 is 0 Å². The minimum absolute atomic E-state index is 0.0622. The summed E-state index contributed by atoms with van der Waals surface area (Å²) in [6.07, 6.45) is 6.06. The molecule has 0 aromatic carbocycles. The number of carbonyl (C=O) groups is 1. The largest absolute Gasteiger partial charge is 0.369 e. The first-order chi connectivity index (χ1) is 10.1. The Morgan fingerprint density at radius 1 is 1.24 bits per heavy atom. The summed E-state index contributed by atoms with van der Waals surface area (Å²) in [6.45, 7) is 3.33. The summed E-state index contributed by atoms with van der Waals surface area (Å²) in [5.74, 6) is 0.348. The zero-order valence-electron chi connectivity index (χ0n) is 12.5. The van der Waals surface area contributed by atoms with E-state index in [1.54, 1.807) is 19.3 Å². The summed E-state index contributed by atoms with van der Waals surface area (Å²) in [5, 5.41) is 4.05. The van der Waals surface area contributed by atoms with Crippen molar-refractivity contribution in [3.63, 3.8) is 0 Å². The Balaban J connectivity index is 1.65. The molecule has 2 aliphatic rings. The number of anilines is 1. The third-order valence-corrected chi connectivity index (χ3v) is 4.52. The molecule has 0 saturated carbocycles. The quantitative estimate of drug-likeness (QED) is 0.801. The molecule has 1 aromatic rings. The van der Waals surface area contributed by atoms with Gasteiger partial charge in [0.1, 0.15) is 0 Å². The van der Waals surface area contributed by atoms with Crippen LogP contribution in [0.4, 0.5) is 5.69 Å². The van der Waals surface area contributed by atoms with Gasteiger partial charge < -0.3 is 9.80 Å². The van der Waals surface area contributed by atoms with E-state index >= 15 is 0 Å². The SMILES string of the molecule is Cn1ncc(N2CCC(C(=O)N3CCCCC3)C2)cc1=O. The zero-order chi connectivity index (χ0) is 14.8. The Hall–Kier alpha value is -1.85. The topological polar surface area (TPSA) is 58.4 Å². The lowest BCUT2D eigenvalue weighted by Gasteiger charge is -2.29. The van der Waals surface area contributed by atoms with Gasteiger partial charge in [0.2, 0.25) is 5.91 Å². The fourth-order valence-corrected chi connectivity index (χ4v) is 3.20. The molecule has 6 heteroatoms. The molecule has 21 heavy (non-hydrogen) atoms. The van der Waals surface area contributed by atoms with E-state index in [0.717, 1.165) is 44.6 Å². The van der Waals surface area contributed by atoms with Crippen LogP contribution in [0.5, 0.6) is 0 Å². The molecule has 1 atom stereocenters. The molecular formula is C15H22N4O2. The zero-order valence-corrected chi connectivity index (χ0v) is 12.5. The highest BCUT2D eigenvalue weighted by Gasteiger charge is 2.32. The minimum Gasteiger partial charge on any atom is -0.369 e. The second-order valence-electron chi connectivity index (χ2n) is 5.99. The van der Waals surface area contributed by atoms with Crippen molar-refractivity contribution in [2.45, 2.75) is 25.7 Å². The van der Waals surface area contributed by atoms with Crippen molar-refractivity contribution in [3.05, 3.63) is 22.6 Å². The summed E-state index contributed by atoms with van der Waals surface area (Å²) >= 11 is 0. The number of amides is 1. The van der Waals surface area contributed by atoms with E-state index in [1.807, 2.05) is 4.90 Å². The standard InChI is InChI=1S/C15H22N4O2/c1-17-14(20)9-13(10-16-17)19-8-5-12(11-19)15(21)18-6-3-2-4-7-18/h9-10,12H,2-8,11H2,1H3. The molecule has 0 bridgehead atoms. The Labute approximate surface area is 124 Å². The molecule has 0 N–H and O–H groups in total. The molecule has 1 aromatic heterocycles. The third kappa shape index (κ3) is 2.94. The molecule has 2 saturated heterocycles. The van der Waals surface area contributed by atoms with Crippen LogP contribution in [-0.2, 0) is 11.8 Å². The van der Waals surface area contributed by atoms with E-state index in [9.17, 15) is 9.59 Å². The van der Waals surface area contributed by atoms with Gasteiger partial charge in [0, 0.05) is 39.3 Å². The van der Waals surface area contributed by atoms with E-state index in [1.165, 1.54) is 11.1 Å². The Kier molecular flexibility index (Phi) is 3.94. The van der Waals surface area contributed by atoms with Gasteiger partial charge in [-0.3, -0.25) is 9.59 Å². The van der Waals surface area contributed by atoms with Crippen LogP contribution in [0.2, 0.25) is 0 Å². The maximum atomic E-state index is 12.5. The van der Waals surface area contributed by atoms with Gasteiger partial charge in [0.25, 0.3) is 5.56 Å². The number of carbonyl (C=O) groups excluding carboxylic acids is 1. The lowest BCUT2D eigenvalue weighted by molar-refractivity contribution is -0.135. The molecule has 6 nitrogen and oxygen atoms in total. The van der Waals surface area contributed by atoms with Crippen LogP contribution in [-0.4, -0.2) is 46.8 Å². The van der Waals surface area contributed by atoms with Crippen molar-refractivity contribution in [2.24, 2.45) is 13.0 Å². The van der Waals surface area contributed by atoms with Crippen LogP contribution in [0.25, 0.3) is 0 Å². The predicted octanol–water partition coefficient (Wildman–Crippen LogP) is 0.619. The first-order valence-electron chi connectivity index (χ1n) is 7.72. The van der Waals surface area contributed by atoms with Gasteiger partial charge in [-0.1, -0.05) is 0 Å². The summed E-state index contributed by atoms with van der Waals surface area (Å²) in [7, 11) is 1.64. The van der Waals surface area contributed by atoms with E-state index in [2.05, 4.69) is 10.00 Å². The lowest BCUT2D eigenvalue weighted by Crippen LogP contribution is -2.40. The van der Waals surface area contributed by atoms with Gasteiger partial charge in [0.05, 0.1) is 17.8 Å². The second-order valence-corrected chi connectivity index (χ2v) is 5.99. The first-order valence-corrected chi connectivity index (χ1v) is 7.72. The van der Waals surface area contributed by atoms with Gasteiger partial charge in [0.15, 0.2) is 0 Å². The highest BCUT2D eigenvalue weighted by atomic mass is 16.2. The fraction of sp³-hybridized carbons (Fsp3) is 0.667. The van der Waals surface area contributed by atoms with Crippen molar-refractivity contribution in [1.29, 1.82) is 0 Å². The fourth-order valence-electron chi connectivity index (χ4n) is 3.20. The van der Waals surface area contributed by atoms with Crippen LogP contribution in [0.1, 0.15) is 25.7 Å². The van der Waals surface area contributed by atoms with E-state index in [4.69, 9.17) is 0 Å². The van der Waals surface area contributed by atoms with Crippen LogP contribution in [0, 0.1) is 5.92 Å². The van der Waals surface area contributed by atoms with Crippen LogP contribution in [0.15, 0.2) is 17.1 Å². The number of hydrogen-bond acceptors (Lipinski definition) is 4. The number of nitrogens with zero attached hydrogens (tertiary/aromatic N) is 4. The maximum Gasteiger partial charge on any atom is 0.268 e. The molecule has 1 amide bonds. The number of likely N-dealkylation sites (tertiary alicyclic amines) is 1.